The van der Waals surface area contributed by atoms with Crippen molar-refractivity contribution in [2.75, 3.05) is 51.7 Å². The lowest BCUT2D eigenvalue weighted by atomic mass is 10.1. The number of aryl methyl sites for hydroxylation is 2. The van der Waals surface area contributed by atoms with Crippen molar-refractivity contribution >= 4 is 17.5 Å². The van der Waals surface area contributed by atoms with Crippen LogP contribution >= 0.6 is 0 Å². The van der Waals surface area contributed by atoms with Gasteiger partial charge in [-0.3, -0.25) is 14.5 Å². The number of amides is 2. The molecule has 1 fully saturated rings. The van der Waals surface area contributed by atoms with Gasteiger partial charge in [0.05, 0.1) is 19.7 Å². The van der Waals surface area contributed by atoms with Gasteiger partial charge < -0.3 is 20.3 Å². The first-order valence-corrected chi connectivity index (χ1v) is 11.6. The summed E-state index contributed by atoms with van der Waals surface area (Å²) in [6, 6.07) is 13.8. The van der Waals surface area contributed by atoms with Crippen molar-refractivity contribution < 1.29 is 14.3 Å². The fraction of sp³-hybridized carbons (Fsp3) is 0.462. The van der Waals surface area contributed by atoms with E-state index >= 15 is 0 Å². The van der Waals surface area contributed by atoms with E-state index in [1.165, 1.54) is 5.56 Å². The molecule has 2 aromatic carbocycles. The molecule has 2 amide bonds. The minimum absolute atomic E-state index is 0.0290. The van der Waals surface area contributed by atoms with Gasteiger partial charge in [-0.25, -0.2) is 0 Å². The molecule has 178 valence electrons. The SMILES string of the molecule is COc1ccc(CCN2CCN(C(C)C(=O)NCC(=O)Nc3c(C)cccc3C)CC2)cc1. The van der Waals surface area contributed by atoms with Crippen molar-refractivity contribution in [3.63, 3.8) is 0 Å². The first-order valence-electron chi connectivity index (χ1n) is 11.6. The standard InChI is InChI=1S/C26H36N4O3/c1-19-6-5-7-20(2)25(19)28-24(31)18-27-26(32)21(3)30-16-14-29(15-17-30)13-12-22-8-10-23(33-4)11-9-22/h5-11,21H,12-18H2,1-4H3,(H,27,32)(H,28,31). The van der Waals surface area contributed by atoms with Gasteiger partial charge in [-0.15, -0.1) is 0 Å². The molecule has 0 aliphatic carbocycles. The van der Waals surface area contributed by atoms with E-state index in [2.05, 4.69) is 32.6 Å². The second-order valence-electron chi connectivity index (χ2n) is 8.68. The van der Waals surface area contributed by atoms with Crippen LogP contribution < -0.4 is 15.4 Å². The molecule has 2 aromatic rings. The summed E-state index contributed by atoms with van der Waals surface area (Å²) >= 11 is 0. The van der Waals surface area contributed by atoms with E-state index in [-0.39, 0.29) is 24.4 Å². The number of hydrogen-bond donors (Lipinski definition) is 2. The van der Waals surface area contributed by atoms with Gasteiger partial charge in [0.1, 0.15) is 5.75 Å². The highest BCUT2D eigenvalue weighted by atomic mass is 16.5. The molecule has 2 N–H and O–H groups in total. The van der Waals surface area contributed by atoms with Crippen LogP contribution in [0.3, 0.4) is 0 Å². The Bertz CT molecular complexity index is 917. The lowest BCUT2D eigenvalue weighted by molar-refractivity contribution is -0.128. The molecule has 1 saturated heterocycles. The zero-order chi connectivity index (χ0) is 23.8. The fourth-order valence-corrected chi connectivity index (χ4v) is 4.13. The van der Waals surface area contributed by atoms with E-state index in [4.69, 9.17) is 4.74 Å². The van der Waals surface area contributed by atoms with Gasteiger partial charge in [0.2, 0.25) is 11.8 Å². The molecule has 1 aliphatic heterocycles. The molecular formula is C26H36N4O3. The average Bonchev–Trinajstić information content (AvgIpc) is 2.83. The van der Waals surface area contributed by atoms with Crippen LogP contribution in [0, 0.1) is 13.8 Å². The number of benzene rings is 2. The predicted molar refractivity (Wildman–Crippen MR) is 132 cm³/mol. The van der Waals surface area contributed by atoms with Gasteiger partial charge in [-0.2, -0.15) is 0 Å². The van der Waals surface area contributed by atoms with Crippen molar-refractivity contribution in [2.45, 2.75) is 33.2 Å². The number of rotatable bonds is 9. The first kappa shape index (κ1) is 24.7. The van der Waals surface area contributed by atoms with Gasteiger partial charge in [-0.05, 0) is 56.0 Å². The van der Waals surface area contributed by atoms with Gasteiger partial charge in [0, 0.05) is 38.4 Å². The highest BCUT2D eigenvalue weighted by molar-refractivity contribution is 5.96. The molecule has 7 nitrogen and oxygen atoms in total. The summed E-state index contributed by atoms with van der Waals surface area (Å²) in [5.41, 5.74) is 4.13. The third kappa shape index (κ3) is 7.04. The van der Waals surface area contributed by atoms with E-state index in [0.717, 1.165) is 61.7 Å². The predicted octanol–water partition coefficient (Wildman–Crippen LogP) is 2.62. The maximum atomic E-state index is 12.6. The second kappa shape index (κ2) is 11.8. The summed E-state index contributed by atoms with van der Waals surface area (Å²) in [7, 11) is 1.68. The lowest BCUT2D eigenvalue weighted by Gasteiger charge is -2.37. The van der Waals surface area contributed by atoms with Crippen LogP contribution in [0.1, 0.15) is 23.6 Å². The number of ether oxygens (including phenoxy) is 1. The summed E-state index contributed by atoms with van der Waals surface area (Å²) < 4.78 is 5.21. The topological polar surface area (TPSA) is 73.9 Å². The Labute approximate surface area is 197 Å². The minimum atomic E-state index is -0.262. The fourth-order valence-electron chi connectivity index (χ4n) is 4.13. The minimum Gasteiger partial charge on any atom is -0.497 e. The smallest absolute Gasteiger partial charge is 0.243 e. The molecule has 0 aromatic heterocycles. The number of carbonyl (C=O) groups is 2. The van der Waals surface area contributed by atoms with Gasteiger partial charge >= 0.3 is 0 Å². The highest BCUT2D eigenvalue weighted by Gasteiger charge is 2.25. The highest BCUT2D eigenvalue weighted by Crippen LogP contribution is 2.19. The number of hydrogen-bond acceptors (Lipinski definition) is 5. The van der Waals surface area contributed by atoms with Crippen molar-refractivity contribution in [3.05, 3.63) is 59.2 Å². The summed E-state index contributed by atoms with van der Waals surface area (Å²) in [4.78, 5) is 29.6. The van der Waals surface area contributed by atoms with Crippen molar-refractivity contribution in [3.8, 4) is 5.75 Å². The molecule has 33 heavy (non-hydrogen) atoms. The maximum Gasteiger partial charge on any atom is 0.243 e. The molecule has 0 bridgehead atoms. The lowest BCUT2D eigenvalue weighted by Crippen LogP contribution is -2.54. The third-order valence-electron chi connectivity index (χ3n) is 6.38. The summed E-state index contributed by atoms with van der Waals surface area (Å²) in [6.07, 6.45) is 0.996. The van der Waals surface area contributed by atoms with Crippen LogP contribution in [0.15, 0.2) is 42.5 Å². The summed E-state index contributed by atoms with van der Waals surface area (Å²) in [5.74, 6) is 0.553. The summed E-state index contributed by atoms with van der Waals surface area (Å²) in [6.45, 7) is 10.3. The van der Waals surface area contributed by atoms with Crippen LogP contribution in [-0.4, -0.2) is 74.0 Å². The number of methoxy groups -OCH3 is 1. The second-order valence-corrected chi connectivity index (χ2v) is 8.68. The molecule has 3 rings (SSSR count). The van der Waals surface area contributed by atoms with E-state index in [1.54, 1.807) is 7.11 Å². The van der Waals surface area contributed by atoms with E-state index < -0.39 is 0 Å². The van der Waals surface area contributed by atoms with Crippen LogP contribution in [0.25, 0.3) is 0 Å². The Morgan fingerprint density at radius 1 is 1.00 bits per heavy atom. The zero-order valence-corrected chi connectivity index (χ0v) is 20.2. The van der Waals surface area contributed by atoms with Crippen molar-refractivity contribution in [1.82, 2.24) is 15.1 Å². The van der Waals surface area contributed by atoms with Gasteiger partial charge in [0.15, 0.2) is 0 Å². The Morgan fingerprint density at radius 2 is 1.64 bits per heavy atom. The Kier molecular flexibility index (Phi) is 8.86. The van der Waals surface area contributed by atoms with E-state index in [9.17, 15) is 9.59 Å². The normalized spacial score (nSPS) is 15.6. The molecule has 1 heterocycles. The molecule has 1 atom stereocenters. The maximum absolute atomic E-state index is 12.6. The van der Waals surface area contributed by atoms with Crippen LogP contribution in [-0.2, 0) is 16.0 Å². The number of carbonyl (C=O) groups excluding carboxylic acids is 2. The van der Waals surface area contributed by atoms with Crippen LogP contribution in [0.4, 0.5) is 5.69 Å². The molecule has 7 heteroatoms. The zero-order valence-electron chi connectivity index (χ0n) is 20.2. The Balaban J connectivity index is 1.38. The quantitative estimate of drug-likeness (QED) is 0.612. The number of para-hydroxylation sites is 1. The Hall–Kier alpha value is -2.90. The van der Waals surface area contributed by atoms with Crippen molar-refractivity contribution in [1.29, 1.82) is 0 Å². The van der Waals surface area contributed by atoms with E-state index in [1.807, 2.05) is 51.1 Å². The largest absolute Gasteiger partial charge is 0.497 e. The molecule has 1 aliphatic rings. The molecule has 0 radical (unpaired) electrons. The molecule has 0 saturated carbocycles. The summed E-state index contributed by atoms with van der Waals surface area (Å²) in [5, 5.41) is 5.70. The number of nitrogens with one attached hydrogen (secondary N) is 2. The van der Waals surface area contributed by atoms with E-state index in [0.29, 0.717) is 0 Å². The Morgan fingerprint density at radius 3 is 2.24 bits per heavy atom. The molecule has 1 unspecified atom stereocenters. The van der Waals surface area contributed by atoms with Crippen LogP contribution in [0.2, 0.25) is 0 Å². The third-order valence-corrected chi connectivity index (χ3v) is 6.38. The molecule has 0 spiro atoms. The van der Waals surface area contributed by atoms with Crippen LogP contribution in [0.5, 0.6) is 5.75 Å². The van der Waals surface area contributed by atoms with Gasteiger partial charge in [-0.1, -0.05) is 30.3 Å². The number of piperazine rings is 1. The first-order chi connectivity index (χ1) is 15.9. The number of nitrogens with zero attached hydrogens (tertiary/aromatic N) is 2. The van der Waals surface area contributed by atoms with Gasteiger partial charge in [0.25, 0.3) is 0 Å². The monoisotopic (exact) mass is 452 g/mol. The van der Waals surface area contributed by atoms with Crippen molar-refractivity contribution in [2.24, 2.45) is 0 Å². The average molecular weight is 453 g/mol. The number of anilines is 1. The molecular weight excluding hydrogens is 416 g/mol.